The van der Waals surface area contributed by atoms with Crippen molar-refractivity contribution in [2.24, 2.45) is 0 Å². The highest BCUT2D eigenvalue weighted by Crippen LogP contribution is 2.29. The van der Waals surface area contributed by atoms with Crippen LogP contribution in [-0.2, 0) is 24.2 Å². The van der Waals surface area contributed by atoms with Crippen LogP contribution in [0.4, 0.5) is 15.0 Å². The molecule has 0 bridgehead atoms. The van der Waals surface area contributed by atoms with Crippen LogP contribution in [0, 0.1) is 24.1 Å². The summed E-state index contributed by atoms with van der Waals surface area (Å²) in [6.45, 7) is 7.85. The van der Waals surface area contributed by atoms with E-state index in [1.165, 1.54) is 12.1 Å². The molecular weight excluding hydrogens is 559 g/mol. The number of rotatable bonds is 10. The number of alkyl carbamates (subject to hydrolysis) is 1. The first-order valence-electron chi connectivity index (χ1n) is 14.2. The van der Waals surface area contributed by atoms with Crippen molar-refractivity contribution < 1.29 is 18.7 Å². The molecule has 44 heavy (non-hydrogen) atoms. The normalized spacial score (nSPS) is 10.9. The molecule has 0 fully saturated rings. The van der Waals surface area contributed by atoms with E-state index < -0.39 is 11.7 Å². The van der Waals surface area contributed by atoms with Crippen LogP contribution in [-0.4, -0.2) is 34.1 Å². The smallest absolute Gasteiger partial charge is 0.407 e. The van der Waals surface area contributed by atoms with E-state index in [4.69, 9.17) is 9.72 Å². The molecule has 226 valence electrons. The maximum atomic E-state index is 13.7. The molecule has 0 saturated carbocycles. The minimum atomic E-state index is -0.633. The van der Waals surface area contributed by atoms with E-state index in [1.54, 1.807) is 57.3 Å². The second-order valence-electron chi connectivity index (χ2n) is 11.2. The SMILES string of the molecule is Cc1cc(C(=O)NCc2cccnc2CNC(=O)OC(C)(C)C)c(NCCc2cccc(F)c2)nc1-c1ccccc1C#N. The number of aryl methyl sites for hydroxylation is 1. The van der Waals surface area contributed by atoms with Crippen molar-refractivity contribution in [2.45, 2.75) is 52.8 Å². The number of benzene rings is 2. The third kappa shape index (κ3) is 8.61. The van der Waals surface area contributed by atoms with E-state index in [0.29, 0.717) is 46.9 Å². The van der Waals surface area contributed by atoms with Gasteiger partial charge in [-0.25, -0.2) is 14.2 Å². The number of nitrogens with one attached hydrogen (secondary N) is 3. The van der Waals surface area contributed by atoms with Gasteiger partial charge in [-0.15, -0.1) is 0 Å². The number of anilines is 1. The number of amides is 2. The fourth-order valence-electron chi connectivity index (χ4n) is 4.53. The average molecular weight is 595 g/mol. The van der Waals surface area contributed by atoms with E-state index in [2.05, 4.69) is 27.0 Å². The standard InChI is InChI=1S/C34H35FN6O3/c1-22-17-28(32(42)39-20-25-11-8-15-37-29(25)21-40-33(43)44-34(2,3)4)31(38-16-14-23-9-7-12-26(35)18-23)41-30(22)27-13-6-5-10-24(27)19-36/h5-13,15,17-18H,14,16,20-21H2,1-4H3,(H,38,41)(H,39,42)(H,40,43). The first-order chi connectivity index (χ1) is 21.0. The third-order valence-electron chi connectivity index (χ3n) is 6.58. The zero-order valence-corrected chi connectivity index (χ0v) is 25.2. The Morgan fingerprint density at radius 1 is 1.00 bits per heavy atom. The summed E-state index contributed by atoms with van der Waals surface area (Å²) in [7, 11) is 0. The molecule has 9 nitrogen and oxygen atoms in total. The Morgan fingerprint density at radius 2 is 1.80 bits per heavy atom. The fourth-order valence-corrected chi connectivity index (χ4v) is 4.53. The van der Waals surface area contributed by atoms with Gasteiger partial charge in [0.1, 0.15) is 17.2 Å². The van der Waals surface area contributed by atoms with Crippen LogP contribution in [0.1, 0.15) is 59.1 Å². The number of hydrogen-bond donors (Lipinski definition) is 3. The molecule has 2 amide bonds. The van der Waals surface area contributed by atoms with Gasteiger partial charge in [0.15, 0.2) is 0 Å². The molecule has 4 aromatic rings. The van der Waals surface area contributed by atoms with Gasteiger partial charge in [-0.05, 0) is 81.1 Å². The van der Waals surface area contributed by atoms with Crippen molar-refractivity contribution >= 4 is 17.8 Å². The molecule has 0 spiro atoms. The number of nitriles is 1. The van der Waals surface area contributed by atoms with E-state index in [0.717, 1.165) is 16.7 Å². The van der Waals surface area contributed by atoms with Crippen molar-refractivity contribution in [3.05, 3.63) is 112 Å². The van der Waals surface area contributed by atoms with Crippen LogP contribution < -0.4 is 16.0 Å². The molecule has 2 aromatic carbocycles. The van der Waals surface area contributed by atoms with Gasteiger partial charge in [-0.2, -0.15) is 5.26 Å². The Kier molecular flexibility index (Phi) is 10.2. The molecule has 0 aliphatic carbocycles. The van der Waals surface area contributed by atoms with Gasteiger partial charge in [0.25, 0.3) is 5.91 Å². The fraction of sp³-hybridized carbons (Fsp3) is 0.265. The maximum Gasteiger partial charge on any atom is 0.407 e. The van der Waals surface area contributed by atoms with Crippen LogP contribution in [0.5, 0.6) is 0 Å². The van der Waals surface area contributed by atoms with Gasteiger partial charge < -0.3 is 20.7 Å². The summed E-state index contributed by atoms with van der Waals surface area (Å²) < 4.78 is 19.0. The Bertz CT molecular complexity index is 1690. The number of pyridine rings is 2. The summed E-state index contributed by atoms with van der Waals surface area (Å²) in [5, 5.41) is 18.6. The molecule has 10 heteroatoms. The predicted molar refractivity (Wildman–Crippen MR) is 166 cm³/mol. The lowest BCUT2D eigenvalue weighted by Crippen LogP contribution is -2.33. The minimum absolute atomic E-state index is 0.126. The summed E-state index contributed by atoms with van der Waals surface area (Å²) in [6.07, 6.45) is 1.55. The van der Waals surface area contributed by atoms with Crippen molar-refractivity contribution in [2.75, 3.05) is 11.9 Å². The highest BCUT2D eigenvalue weighted by molar-refractivity contribution is 5.99. The van der Waals surface area contributed by atoms with Gasteiger partial charge in [0.2, 0.25) is 0 Å². The maximum absolute atomic E-state index is 13.7. The number of carbonyl (C=O) groups is 2. The number of aromatic nitrogens is 2. The van der Waals surface area contributed by atoms with Crippen molar-refractivity contribution in [1.82, 2.24) is 20.6 Å². The van der Waals surface area contributed by atoms with Crippen molar-refractivity contribution in [3.8, 4) is 17.3 Å². The first kappa shape index (κ1) is 31.6. The van der Waals surface area contributed by atoms with E-state index in [1.807, 2.05) is 31.2 Å². The summed E-state index contributed by atoms with van der Waals surface area (Å²) >= 11 is 0. The van der Waals surface area contributed by atoms with Crippen LogP contribution in [0.15, 0.2) is 72.9 Å². The molecule has 0 aliphatic heterocycles. The molecule has 0 atom stereocenters. The highest BCUT2D eigenvalue weighted by Gasteiger charge is 2.20. The van der Waals surface area contributed by atoms with Gasteiger partial charge in [0, 0.05) is 24.8 Å². The number of halogens is 1. The second kappa shape index (κ2) is 14.2. The number of ether oxygens (including phenoxy) is 1. The Balaban J connectivity index is 1.56. The Labute approximate surface area is 256 Å². The summed E-state index contributed by atoms with van der Waals surface area (Å²) in [6, 6.07) is 21.0. The Morgan fingerprint density at radius 3 is 2.55 bits per heavy atom. The van der Waals surface area contributed by atoms with Crippen LogP contribution in [0.25, 0.3) is 11.3 Å². The van der Waals surface area contributed by atoms with Crippen LogP contribution in [0.3, 0.4) is 0 Å². The van der Waals surface area contributed by atoms with E-state index in [9.17, 15) is 19.2 Å². The summed E-state index contributed by atoms with van der Waals surface area (Å²) in [5.74, 6) is -0.350. The molecule has 0 aliphatic rings. The van der Waals surface area contributed by atoms with Gasteiger partial charge >= 0.3 is 6.09 Å². The Hall–Kier alpha value is -5.30. The van der Waals surface area contributed by atoms with E-state index in [-0.39, 0.29) is 24.8 Å². The molecule has 4 rings (SSSR count). The molecule has 2 heterocycles. The lowest BCUT2D eigenvalue weighted by atomic mass is 10.00. The molecular formula is C34H35FN6O3. The number of nitrogens with zero attached hydrogens (tertiary/aromatic N) is 3. The first-order valence-corrected chi connectivity index (χ1v) is 14.2. The topological polar surface area (TPSA) is 129 Å². The largest absolute Gasteiger partial charge is 0.444 e. The third-order valence-corrected chi connectivity index (χ3v) is 6.58. The minimum Gasteiger partial charge on any atom is -0.444 e. The second-order valence-corrected chi connectivity index (χ2v) is 11.2. The van der Waals surface area contributed by atoms with E-state index >= 15 is 0 Å². The lowest BCUT2D eigenvalue weighted by molar-refractivity contribution is 0.0522. The van der Waals surface area contributed by atoms with Gasteiger partial charge in [-0.3, -0.25) is 9.78 Å². The summed E-state index contributed by atoms with van der Waals surface area (Å²) in [4.78, 5) is 34.9. The number of hydrogen-bond acceptors (Lipinski definition) is 7. The average Bonchev–Trinajstić information content (AvgIpc) is 2.99. The zero-order valence-electron chi connectivity index (χ0n) is 25.2. The molecule has 0 saturated heterocycles. The monoisotopic (exact) mass is 594 g/mol. The zero-order chi connectivity index (χ0) is 31.7. The molecule has 0 radical (unpaired) electrons. The molecule has 0 unspecified atom stereocenters. The van der Waals surface area contributed by atoms with Gasteiger partial charge in [0.05, 0.1) is 35.1 Å². The predicted octanol–water partition coefficient (Wildman–Crippen LogP) is 6.07. The van der Waals surface area contributed by atoms with Gasteiger partial charge in [-0.1, -0.05) is 36.4 Å². The number of carbonyl (C=O) groups excluding carboxylic acids is 2. The molecule has 3 N–H and O–H groups in total. The van der Waals surface area contributed by atoms with Crippen LogP contribution in [0.2, 0.25) is 0 Å². The quantitative estimate of drug-likeness (QED) is 0.203. The van der Waals surface area contributed by atoms with Crippen molar-refractivity contribution in [1.29, 1.82) is 5.26 Å². The van der Waals surface area contributed by atoms with Crippen LogP contribution >= 0.6 is 0 Å². The lowest BCUT2D eigenvalue weighted by Gasteiger charge is -2.20. The van der Waals surface area contributed by atoms with Crippen molar-refractivity contribution in [3.63, 3.8) is 0 Å². The summed E-state index contributed by atoms with van der Waals surface area (Å²) in [5.41, 5.74) is 4.22. The highest BCUT2D eigenvalue weighted by atomic mass is 19.1. The molecule has 2 aromatic heterocycles.